The van der Waals surface area contributed by atoms with E-state index in [0.717, 1.165) is 12.2 Å². The Morgan fingerprint density at radius 3 is 2.26 bits per heavy atom. The number of anilines is 1. The van der Waals surface area contributed by atoms with Crippen LogP contribution in [0.5, 0.6) is 0 Å². The summed E-state index contributed by atoms with van der Waals surface area (Å²) >= 11 is 0. The topological polar surface area (TPSA) is 58.2 Å². The van der Waals surface area contributed by atoms with Gasteiger partial charge in [-0.05, 0) is 49.6 Å². The van der Waals surface area contributed by atoms with Gasteiger partial charge in [0.05, 0.1) is 4.90 Å². The van der Waals surface area contributed by atoms with Crippen molar-refractivity contribution >= 4 is 15.7 Å². The van der Waals surface area contributed by atoms with E-state index in [-0.39, 0.29) is 0 Å². The molecule has 0 bridgehead atoms. The fourth-order valence-corrected chi connectivity index (χ4v) is 3.32. The van der Waals surface area contributed by atoms with E-state index >= 15 is 0 Å². The first-order chi connectivity index (χ1) is 8.95. The Kier molecular flexibility index (Phi) is 4.16. The second-order valence-corrected chi connectivity index (χ2v) is 7.49. The van der Waals surface area contributed by atoms with E-state index in [1.165, 1.54) is 32.7 Å². The van der Waals surface area contributed by atoms with E-state index in [1.54, 1.807) is 12.1 Å². The molecule has 2 rings (SSSR count). The molecule has 4 nitrogen and oxygen atoms in total. The molecule has 1 fully saturated rings. The fourth-order valence-electron chi connectivity index (χ4n) is 2.59. The standard InChI is InChI=1S/C14H22N2O2S/c1-14(9-3-4-10-14)11-16-12-5-7-13(8-6-12)19(17,18)15-2/h5-8,15-16H,3-4,9-11H2,1-2H3. The Hall–Kier alpha value is -1.07. The molecule has 0 saturated heterocycles. The van der Waals surface area contributed by atoms with Crippen LogP contribution in [0.3, 0.4) is 0 Å². The second-order valence-electron chi connectivity index (χ2n) is 5.60. The molecule has 0 aliphatic heterocycles. The highest BCUT2D eigenvalue weighted by molar-refractivity contribution is 7.89. The maximum Gasteiger partial charge on any atom is 0.240 e. The van der Waals surface area contributed by atoms with E-state index < -0.39 is 10.0 Å². The minimum atomic E-state index is -3.34. The molecule has 2 N–H and O–H groups in total. The molecule has 0 amide bonds. The maximum atomic E-state index is 11.6. The summed E-state index contributed by atoms with van der Waals surface area (Å²) in [5.41, 5.74) is 1.36. The third kappa shape index (κ3) is 3.48. The summed E-state index contributed by atoms with van der Waals surface area (Å²) < 4.78 is 25.5. The average molecular weight is 282 g/mol. The highest BCUT2D eigenvalue weighted by atomic mass is 32.2. The number of benzene rings is 1. The molecular formula is C14H22N2O2S. The van der Waals surface area contributed by atoms with Crippen LogP contribution in [-0.2, 0) is 10.0 Å². The van der Waals surface area contributed by atoms with Crippen LogP contribution >= 0.6 is 0 Å². The Morgan fingerprint density at radius 2 is 1.74 bits per heavy atom. The van der Waals surface area contributed by atoms with Crippen molar-refractivity contribution in [1.29, 1.82) is 0 Å². The van der Waals surface area contributed by atoms with Crippen LogP contribution in [0.15, 0.2) is 29.2 Å². The van der Waals surface area contributed by atoms with Gasteiger partial charge in [0.1, 0.15) is 0 Å². The Balaban J connectivity index is 1.99. The van der Waals surface area contributed by atoms with Gasteiger partial charge in [-0.25, -0.2) is 13.1 Å². The monoisotopic (exact) mass is 282 g/mol. The zero-order valence-corrected chi connectivity index (χ0v) is 12.4. The highest BCUT2D eigenvalue weighted by Crippen LogP contribution is 2.37. The van der Waals surface area contributed by atoms with Crippen molar-refractivity contribution in [3.05, 3.63) is 24.3 Å². The molecule has 106 valence electrons. The zero-order valence-electron chi connectivity index (χ0n) is 11.6. The van der Waals surface area contributed by atoms with Crippen molar-refractivity contribution in [3.8, 4) is 0 Å². The third-order valence-electron chi connectivity index (χ3n) is 3.96. The van der Waals surface area contributed by atoms with E-state index in [0.29, 0.717) is 10.3 Å². The van der Waals surface area contributed by atoms with Crippen molar-refractivity contribution in [1.82, 2.24) is 4.72 Å². The summed E-state index contributed by atoms with van der Waals surface area (Å²) in [4.78, 5) is 0.299. The molecule has 19 heavy (non-hydrogen) atoms. The highest BCUT2D eigenvalue weighted by Gasteiger charge is 2.28. The van der Waals surface area contributed by atoms with Gasteiger partial charge in [-0.15, -0.1) is 0 Å². The van der Waals surface area contributed by atoms with Crippen LogP contribution < -0.4 is 10.0 Å². The molecule has 0 spiro atoms. The normalized spacial score (nSPS) is 18.4. The smallest absolute Gasteiger partial charge is 0.240 e. The van der Waals surface area contributed by atoms with Crippen LogP contribution in [0.25, 0.3) is 0 Å². The van der Waals surface area contributed by atoms with Crippen molar-refractivity contribution in [2.75, 3.05) is 18.9 Å². The lowest BCUT2D eigenvalue weighted by molar-refractivity contribution is 0.362. The molecule has 0 heterocycles. The lowest BCUT2D eigenvalue weighted by atomic mass is 9.89. The van der Waals surface area contributed by atoms with Crippen LogP contribution in [0, 0.1) is 5.41 Å². The van der Waals surface area contributed by atoms with Crippen molar-refractivity contribution < 1.29 is 8.42 Å². The van der Waals surface area contributed by atoms with Gasteiger partial charge in [0, 0.05) is 12.2 Å². The molecule has 1 aliphatic rings. The summed E-state index contributed by atoms with van der Waals surface area (Å²) in [7, 11) is -1.92. The Bertz CT molecular complexity index is 517. The second kappa shape index (κ2) is 5.51. The summed E-state index contributed by atoms with van der Waals surface area (Å²) in [6.45, 7) is 3.26. The molecule has 1 aliphatic carbocycles. The quantitative estimate of drug-likeness (QED) is 0.872. The van der Waals surface area contributed by atoms with Crippen molar-refractivity contribution in [2.45, 2.75) is 37.5 Å². The predicted octanol–water partition coefficient (Wildman–Crippen LogP) is 2.59. The van der Waals surface area contributed by atoms with E-state index in [9.17, 15) is 8.42 Å². The molecular weight excluding hydrogens is 260 g/mol. The van der Waals surface area contributed by atoms with Gasteiger partial charge >= 0.3 is 0 Å². The average Bonchev–Trinajstić information content (AvgIpc) is 2.84. The molecule has 0 aromatic heterocycles. The van der Waals surface area contributed by atoms with Crippen LogP contribution in [0.4, 0.5) is 5.69 Å². The lowest BCUT2D eigenvalue weighted by Gasteiger charge is -2.24. The van der Waals surface area contributed by atoms with E-state index in [4.69, 9.17) is 0 Å². The Labute approximate surface area is 115 Å². The number of hydrogen-bond acceptors (Lipinski definition) is 3. The molecule has 1 aromatic carbocycles. The summed E-state index contributed by atoms with van der Waals surface area (Å²) in [6.07, 6.45) is 5.17. The van der Waals surface area contributed by atoms with E-state index in [1.807, 2.05) is 12.1 Å². The maximum absolute atomic E-state index is 11.6. The van der Waals surface area contributed by atoms with Gasteiger partial charge < -0.3 is 5.32 Å². The van der Waals surface area contributed by atoms with Gasteiger partial charge in [-0.3, -0.25) is 0 Å². The van der Waals surface area contributed by atoms with E-state index in [2.05, 4.69) is 17.0 Å². The first-order valence-electron chi connectivity index (χ1n) is 6.73. The van der Waals surface area contributed by atoms with Gasteiger partial charge in [-0.1, -0.05) is 19.8 Å². The summed E-state index contributed by atoms with van der Waals surface area (Å²) in [5, 5.41) is 3.41. The molecule has 1 saturated carbocycles. The molecule has 0 atom stereocenters. The van der Waals surface area contributed by atoms with Gasteiger partial charge in [-0.2, -0.15) is 0 Å². The number of sulfonamides is 1. The molecule has 0 unspecified atom stereocenters. The van der Waals surface area contributed by atoms with Crippen molar-refractivity contribution in [2.24, 2.45) is 5.41 Å². The summed E-state index contributed by atoms with van der Waals surface area (Å²) in [6, 6.07) is 6.90. The fraction of sp³-hybridized carbons (Fsp3) is 0.571. The Morgan fingerprint density at radius 1 is 1.16 bits per heavy atom. The van der Waals surface area contributed by atoms with Gasteiger partial charge in [0.2, 0.25) is 10.0 Å². The summed E-state index contributed by atoms with van der Waals surface area (Å²) in [5.74, 6) is 0. The predicted molar refractivity (Wildman–Crippen MR) is 77.8 cm³/mol. The largest absolute Gasteiger partial charge is 0.384 e. The van der Waals surface area contributed by atoms with Gasteiger partial charge in [0.25, 0.3) is 0 Å². The first-order valence-corrected chi connectivity index (χ1v) is 8.21. The van der Waals surface area contributed by atoms with Crippen LogP contribution in [0.1, 0.15) is 32.6 Å². The molecule has 0 radical (unpaired) electrons. The molecule has 1 aromatic rings. The van der Waals surface area contributed by atoms with Crippen LogP contribution in [-0.4, -0.2) is 22.0 Å². The zero-order chi connectivity index (χ0) is 13.9. The number of rotatable bonds is 5. The number of hydrogen-bond donors (Lipinski definition) is 2. The third-order valence-corrected chi connectivity index (χ3v) is 5.39. The van der Waals surface area contributed by atoms with Crippen molar-refractivity contribution in [3.63, 3.8) is 0 Å². The first kappa shape index (κ1) is 14.3. The van der Waals surface area contributed by atoms with Gasteiger partial charge in [0.15, 0.2) is 0 Å². The SMILES string of the molecule is CNS(=O)(=O)c1ccc(NCC2(C)CCCC2)cc1. The molecule has 5 heteroatoms. The lowest BCUT2D eigenvalue weighted by Crippen LogP contribution is -2.23. The van der Waals surface area contributed by atoms with Crippen LogP contribution in [0.2, 0.25) is 0 Å². The minimum absolute atomic E-state index is 0.299. The minimum Gasteiger partial charge on any atom is -0.384 e. The number of nitrogens with one attached hydrogen (secondary N) is 2.